The predicted molar refractivity (Wildman–Crippen MR) is 107 cm³/mol. The molecular weight excluding hydrogens is 344 g/mol. The first kappa shape index (κ1) is 20.3. The second kappa shape index (κ2) is 9.62. The van der Waals surface area contributed by atoms with E-state index in [-0.39, 0.29) is 11.8 Å². The fourth-order valence-corrected chi connectivity index (χ4v) is 2.41. The van der Waals surface area contributed by atoms with Gasteiger partial charge < -0.3 is 19.7 Å². The standard InChI is InChI=1S/C21H26N2O4/c1-5-6-13-27-19-12-7-16(14-20(19)26-4)21(25)22-17-8-10-18(11-9-17)23(3)15(2)24/h7-12,14H,5-6,13H2,1-4H3,(H,22,25). The van der Waals surface area contributed by atoms with Crippen molar-refractivity contribution in [3.8, 4) is 11.5 Å². The lowest BCUT2D eigenvalue weighted by molar-refractivity contribution is -0.116. The Morgan fingerprint density at radius 3 is 2.37 bits per heavy atom. The van der Waals surface area contributed by atoms with E-state index in [0.717, 1.165) is 18.5 Å². The van der Waals surface area contributed by atoms with Crippen LogP contribution in [0.3, 0.4) is 0 Å². The average molecular weight is 370 g/mol. The first-order valence-corrected chi connectivity index (χ1v) is 8.92. The SMILES string of the molecule is CCCCOc1ccc(C(=O)Nc2ccc(N(C)C(C)=O)cc2)cc1OC. The first-order valence-electron chi connectivity index (χ1n) is 8.92. The Bertz CT molecular complexity index is 787. The topological polar surface area (TPSA) is 67.9 Å². The zero-order valence-corrected chi connectivity index (χ0v) is 16.2. The van der Waals surface area contributed by atoms with Crippen molar-refractivity contribution < 1.29 is 19.1 Å². The lowest BCUT2D eigenvalue weighted by atomic mass is 10.1. The van der Waals surface area contributed by atoms with Gasteiger partial charge in [0, 0.05) is 30.9 Å². The third-order valence-electron chi connectivity index (χ3n) is 4.17. The molecule has 1 N–H and O–H groups in total. The molecule has 2 aromatic rings. The molecule has 0 heterocycles. The van der Waals surface area contributed by atoms with Crippen molar-refractivity contribution in [1.82, 2.24) is 0 Å². The summed E-state index contributed by atoms with van der Waals surface area (Å²) in [6.07, 6.45) is 2.00. The van der Waals surface area contributed by atoms with Crippen molar-refractivity contribution in [1.29, 1.82) is 0 Å². The number of hydrogen-bond acceptors (Lipinski definition) is 4. The molecule has 0 aromatic heterocycles. The zero-order valence-electron chi connectivity index (χ0n) is 16.2. The van der Waals surface area contributed by atoms with Gasteiger partial charge >= 0.3 is 0 Å². The Hall–Kier alpha value is -3.02. The summed E-state index contributed by atoms with van der Waals surface area (Å²) in [5, 5.41) is 2.84. The van der Waals surface area contributed by atoms with E-state index in [9.17, 15) is 9.59 Å². The molecule has 0 unspecified atom stereocenters. The molecule has 0 aliphatic carbocycles. The molecule has 0 saturated carbocycles. The number of nitrogens with zero attached hydrogens (tertiary/aromatic N) is 1. The first-order chi connectivity index (χ1) is 13.0. The Labute approximate surface area is 160 Å². The predicted octanol–water partition coefficient (Wildman–Crippen LogP) is 4.11. The minimum Gasteiger partial charge on any atom is -0.493 e. The molecule has 6 nitrogen and oxygen atoms in total. The van der Waals surface area contributed by atoms with E-state index in [1.54, 1.807) is 56.6 Å². The normalized spacial score (nSPS) is 10.2. The van der Waals surface area contributed by atoms with Crippen LogP contribution in [0.15, 0.2) is 42.5 Å². The van der Waals surface area contributed by atoms with Crippen molar-refractivity contribution in [2.75, 3.05) is 31.0 Å². The molecule has 6 heteroatoms. The number of rotatable bonds is 8. The molecule has 2 rings (SSSR count). The molecule has 0 saturated heterocycles. The van der Waals surface area contributed by atoms with Gasteiger partial charge in [-0.3, -0.25) is 9.59 Å². The maximum Gasteiger partial charge on any atom is 0.255 e. The number of unbranched alkanes of at least 4 members (excludes halogenated alkanes) is 1. The Kier molecular flexibility index (Phi) is 7.23. The number of amides is 2. The number of carbonyl (C=O) groups is 2. The van der Waals surface area contributed by atoms with Gasteiger partial charge in [0.25, 0.3) is 5.91 Å². The summed E-state index contributed by atoms with van der Waals surface area (Å²) in [7, 11) is 3.25. The molecule has 0 atom stereocenters. The van der Waals surface area contributed by atoms with Crippen molar-refractivity contribution in [2.45, 2.75) is 26.7 Å². The molecular formula is C21H26N2O4. The summed E-state index contributed by atoms with van der Waals surface area (Å²) in [5.41, 5.74) is 1.87. The third-order valence-corrected chi connectivity index (χ3v) is 4.17. The van der Waals surface area contributed by atoms with E-state index >= 15 is 0 Å². The van der Waals surface area contributed by atoms with Crippen LogP contribution in [0.5, 0.6) is 11.5 Å². The van der Waals surface area contributed by atoms with Crippen LogP contribution in [0.4, 0.5) is 11.4 Å². The van der Waals surface area contributed by atoms with Gasteiger partial charge in [-0.05, 0) is 48.9 Å². The van der Waals surface area contributed by atoms with Crippen molar-refractivity contribution in [3.05, 3.63) is 48.0 Å². The number of nitrogens with one attached hydrogen (secondary N) is 1. The molecule has 2 aromatic carbocycles. The Balaban J connectivity index is 2.08. The number of methoxy groups -OCH3 is 1. The summed E-state index contributed by atoms with van der Waals surface area (Å²) in [6, 6.07) is 12.2. The van der Waals surface area contributed by atoms with Gasteiger partial charge in [-0.25, -0.2) is 0 Å². The largest absolute Gasteiger partial charge is 0.493 e. The van der Waals surface area contributed by atoms with Gasteiger partial charge in [-0.2, -0.15) is 0 Å². The Morgan fingerprint density at radius 1 is 1.07 bits per heavy atom. The van der Waals surface area contributed by atoms with Crippen LogP contribution in [0.1, 0.15) is 37.0 Å². The van der Waals surface area contributed by atoms with E-state index in [1.165, 1.54) is 11.8 Å². The van der Waals surface area contributed by atoms with Crippen molar-refractivity contribution in [2.24, 2.45) is 0 Å². The lowest BCUT2D eigenvalue weighted by Gasteiger charge is -2.15. The molecule has 0 bridgehead atoms. The molecule has 144 valence electrons. The van der Waals surface area contributed by atoms with Crippen LogP contribution in [-0.2, 0) is 4.79 Å². The molecule has 2 amide bonds. The second-order valence-corrected chi connectivity index (χ2v) is 6.15. The number of benzene rings is 2. The highest BCUT2D eigenvalue weighted by molar-refractivity contribution is 6.04. The van der Waals surface area contributed by atoms with Crippen molar-refractivity contribution in [3.63, 3.8) is 0 Å². The third kappa shape index (κ3) is 5.48. The molecule has 0 aliphatic heterocycles. The number of carbonyl (C=O) groups excluding carboxylic acids is 2. The van der Waals surface area contributed by atoms with E-state index in [2.05, 4.69) is 12.2 Å². The van der Waals surface area contributed by atoms with Crippen molar-refractivity contribution >= 4 is 23.2 Å². The monoisotopic (exact) mass is 370 g/mol. The maximum absolute atomic E-state index is 12.5. The van der Waals surface area contributed by atoms with Crippen LogP contribution in [0, 0.1) is 0 Å². The summed E-state index contributed by atoms with van der Waals surface area (Å²) < 4.78 is 11.0. The molecule has 0 radical (unpaired) electrons. The fourth-order valence-electron chi connectivity index (χ4n) is 2.41. The summed E-state index contributed by atoms with van der Waals surface area (Å²) >= 11 is 0. The zero-order chi connectivity index (χ0) is 19.8. The summed E-state index contributed by atoms with van der Waals surface area (Å²) in [5.74, 6) is 0.845. The Morgan fingerprint density at radius 2 is 1.78 bits per heavy atom. The smallest absolute Gasteiger partial charge is 0.255 e. The van der Waals surface area contributed by atoms with Crippen LogP contribution < -0.4 is 19.7 Å². The van der Waals surface area contributed by atoms with Crippen LogP contribution in [-0.4, -0.2) is 32.6 Å². The molecule has 0 fully saturated rings. The fraction of sp³-hybridized carbons (Fsp3) is 0.333. The van der Waals surface area contributed by atoms with Crippen LogP contribution >= 0.6 is 0 Å². The average Bonchev–Trinajstić information content (AvgIpc) is 2.68. The van der Waals surface area contributed by atoms with E-state index in [0.29, 0.717) is 29.4 Å². The number of ether oxygens (including phenoxy) is 2. The van der Waals surface area contributed by atoms with Gasteiger partial charge in [0.15, 0.2) is 11.5 Å². The molecule has 27 heavy (non-hydrogen) atoms. The van der Waals surface area contributed by atoms with Crippen LogP contribution in [0.25, 0.3) is 0 Å². The number of anilines is 2. The van der Waals surface area contributed by atoms with Gasteiger partial charge in [0.1, 0.15) is 0 Å². The maximum atomic E-state index is 12.5. The van der Waals surface area contributed by atoms with E-state index in [1.807, 2.05) is 0 Å². The van der Waals surface area contributed by atoms with Gasteiger partial charge in [-0.1, -0.05) is 13.3 Å². The molecule has 0 aliphatic rings. The highest BCUT2D eigenvalue weighted by atomic mass is 16.5. The van der Waals surface area contributed by atoms with Crippen LogP contribution in [0.2, 0.25) is 0 Å². The summed E-state index contributed by atoms with van der Waals surface area (Å²) in [6.45, 7) is 4.21. The minimum atomic E-state index is -0.249. The lowest BCUT2D eigenvalue weighted by Crippen LogP contribution is -2.22. The molecule has 0 spiro atoms. The summed E-state index contributed by atoms with van der Waals surface area (Å²) in [4.78, 5) is 25.4. The van der Waals surface area contributed by atoms with Gasteiger partial charge in [0.05, 0.1) is 13.7 Å². The highest BCUT2D eigenvalue weighted by Crippen LogP contribution is 2.28. The van der Waals surface area contributed by atoms with E-state index < -0.39 is 0 Å². The minimum absolute atomic E-state index is 0.0554. The van der Waals surface area contributed by atoms with E-state index in [4.69, 9.17) is 9.47 Å². The van der Waals surface area contributed by atoms with Gasteiger partial charge in [0.2, 0.25) is 5.91 Å². The highest BCUT2D eigenvalue weighted by Gasteiger charge is 2.12. The quantitative estimate of drug-likeness (QED) is 0.710. The number of hydrogen-bond donors (Lipinski definition) is 1. The second-order valence-electron chi connectivity index (χ2n) is 6.15. The van der Waals surface area contributed by atoms with Gasteiger partial charge in [-0.15, -0.1) is 0 Å².